The molecule has 1 heterocycles. The van der Waals surface area contributed by atoms with Crippen molar-refractivity contribution in [3.8, 4) is 0 Å². The number of nitrogens with zero attached hydrogens (tertiary/aromatic N) is 1. The lowest BCUT2D eigenvalue weighted by atomic mass is 9.87. The van der Waals surface area contributed by atoms with E-state index in [1.165, 1.54) is 16.9 Å². The van der Waals surface area contributed by atoms with Crippen molar-refractivity contribution in [2.45, 2.75) is 26.2 Å². The van der Waals surface area contributed by atoms with Crippen LogP contribution in [0.25, 0.3) is 10.2 Å². The van der Waals surface area contributed by atoms with Crippen molar-refractivity contribution < 1.29 is 4.79 Å². The second-order valence-corrected chi connectivity index (χ2v) is 7.58. The topological polar surface area (TPSA) is 68.0 Å². The van der Waals surface area contributed by atoms with Crippen molar-refractivity contribution in [2.75, 3.05) is 11.1 Å². The highest BCUT2D eigenvalue weighted by Crippen LogP contribution is 2.27. The van der Waals surface area contributed by atoms with Crippen LogP contribution in [0.15, 0.2) is 42.5 Å². The van der Waals surface area contributed by atoms with Gasteiger partial charge in [0.05, 0.1) is 10.2 Å². The van der Waals surface area contributed by atoms with Gasteiger partial charge in [0.2, 0.25) is 0 Å². The van der Waals surface area contributed by atoms with E-state index in [1.54, 1.807) is 0 Å². The van der Waals surface area contributed by atoms with E-state index < -0.39 is 0 Å². The lowest BCUT2D eigenvalue weighted by molar-refractivity contribution is 0.102. The molecule has 23 heavy (non-hydrogen) atoms. The lowest BCUT2D eigenvalue weighted by Gasteiger charge is -2.19. The van der Waals surface area contributed by atoms with Gasteiger partial charge in [-0.15, -0.1) is 0 Å². The molecule has 0 spiro atoms. The molecule has 0 fully saturated rings. The maximum Gasteiger partial charge on any atom is 0.255 e. The van der Waals surface area contributed by atoms with Crippen molar-refractivity contribution in [1.82, 2.24) is 4.98 Å². The van der Waals surface area contributed by atoms with Crippen molar-refractivity contribution >= 4 is 38.3 Å². The van der Waals surface area contributed by atoms with Gasteiger partial charge in [0.25, 0.3) is 5.91 Å². The van der Waals surface area contributed by atoms with E-state index in [4.69, 9.17) is 5.73 Å². The lowest BCUT2D eigenvalue weighted by Crippen LogP contribution is -2.14. The quantitative estimate of drug-likeness (QED) is 0.732. The van der Waals surface area contributed by atoms with Gasteiger partial charge in [0, 0.05) is 11.3 Å². The first-order valence-electron chi connectivity index (χ1n) is 7.41. The molecule has 0 aliphatic rings. The third kappa shape index (κ3) is 3.35. The second-order valence-electron chi connectivity index (χ2n) is 6.52. The molecule has 0 radical (unpaired) electrons. The van der Waals surface area contributed by atoms with Crippen LogP contribution in [-0.2, 0) is 5.41 Å². The van der Waals surface area contributed by atoms with E-state index in [9.17, 15) is 4.79 Å². The number of nitrogens with one attached hydrogen (secondary N) is 1. The van der Waals surface area contributed by atoms with Crippen LogP contribution in [0.5, 0.6) is 0 Å². The van der Waals surface area contributed by atoms with Crippen LogP contribution >= 0.6 is 11.3 Å². The molecule has 118 valence electrons. The third-order valence-corrected chi connectivity index (χ3v) is 4.52. The molecule has 3 N–H and O–H groups in total. The zero-order valence-corrected chi connectivity index (χ0v) is 14.2. The van der Waals surface area contributed by atoms with Gasteiger partial charge in [-0.3, -0.25) is 4.79 Å². The Balaban J connectivity index is 1.79. The molecule has 0 unspecified atom stereocenters. The number of nitrogens with two attached hydrogens (primary N) is 1. The summed E-state index contributed by atoms with van der Waals surface area (Å²) in [5.41, 5.74) is 9.21. The average Bonchev–Trinajstić information content (AvgIpc) is 2.86. The maximum absolute atomic E-state index is 12.4. The zero-order chi connectivity index (χ0) is 16.6. The molecule has 4 nitrogen and oxygen atoms in total. The largest absolute Gasteiger partial charge is 0.375 e. The number of amides is 1. The number of fused-ring (bicyclic) bond motifs is 1. The first-order chi connectivity index (χ1) is 10.8. The molecule has 0 aliphatic heterocycles. The number of benzene rings is 2. The van der Waals surface area contributed by atoms with Gasteiger partial charge in [0.1, 0.15) is 0 Å². The molecule has 3 rings (SSSR count). The monoisotopic (exact) mass is 325 g/mol. The Bertz CT molecular complexity index is 860. The van der Waals surface area contributed by atoms with Crippen LogP contribution in [0, 0.1) is 0 Å². The minimum absolute atomic E-state index is 0.0755. The van der Waals surface area contributed by atoms with E-state index in [0.717, 1.165) is 15.9 Å². The normalized spacial score (nSPS) is 11.6. The predicted octanol–water partition coefficient (Wildman–Crippen LogP) is 4.43. The zero-order valence-electron chi connectivity index (χ0n) is 13.4. The van der Waals surface area contributed by atoms with Crippen molar-refractivity contribution in [2.24, 2.45) is 0 Å². The molecule has 0 aliphatic carbocycles. The molecule has 3 aromatic rings. The fourth-order valence-electron chi connectivity index (χ4n) is 2.35. The number of anilines is 2. The van der Waals surface area contributed by atoms with Gasteiger partial charge in [-0.05, 0) is 41.3 Å². The van der Waals surface area contributed by atoms with Gasteiger partial charge in [-0.1, -0.05) is 44.2 Å². The van der Waals surface area contributed by atoms with Gasteiger partial charge in [-0.25, -0.2) is 4.98 Å². The molecular formula is C18H19N3OS. The molecule has 5 heteroatoms. The molecule has 0 bridgehead atoms. The van der Waals surface area contributed by atoms with Gasteiger partial charge in [-0.2, -0.15) is 0 Å². The number of nitrogen functional groups attached to an aromatic ring is 1. The smallest absolute Gasteiger partial charge is 0.255 e. The van der Waals surface area contributed by atoms with Crippen molar-refractivity contribution in [3.05, 3.63) is 53.6 Å². The number of aromatic nitrogens is 1. The number of hydrogen-bond donors (Lipinski definition) is 2. The van der Waals surface area contributed by atoms with E-state index in [1.807, 2.05) is 42.5 Å². The predicted molar refractivity (Wildman–Crippen MR) is 97.1 cm³/mol. The number of carbonyl (C=O) groups excluding carboxylic acids is 1. The van der Waals surface area contributed by atoms with Crippen LogP contribution < -0.4 is 11.1 Å². The summed E-state index contributed by atoms with van der Waals surface area (Å²) >= 11 is 1.41. The first kappa shape index (κ1) is 15.5. The fraction of sp³-hybridized carbons (Fsp3) is 0.222. The summed E-state index contributed by atoms with van der Waals surface area (Å²) in [4.78, 5) is 16.6. The Kier molecular flexibility index (Phi) is 3.82. The third-order valence-electron chi connectivity index (χ3n) is 3.68. The van der Waals surface area contributed by atoms with E-state index in [2.05, 4.69) is 31.1 Å². The fourth-order valence-corrected chi connectivity index (χ4v) is 3.12. The number of hydrogen-bond acceptors (Lipinski definition) is 4. The summed E-state index contributed by atoms with van der Waals surface area (Å²) in [5.74, 6) is -0.123. The highest BCUT2D eigenvalue weighted by molar-refractivity contribution is 7.22. The van der Waals surface area contributed by atoms with Crippen LogP contribution in [0.2, 0.25) is 0 Å². The average molecular weight is 325 g/mol. The number of rotatable bonds is 2. The van der Waals surface area contributed by atoms with Crippen molar-refractivity contribution in [1.29, 1.82) is 0 Å². The standard InChI is InChI=1S/C18H19N3OS/c1-18(2,3)12-6-4-11(5-7-12)16(22)20-13-8-9-14-15(10-13)23-17(19)21-14/h4-10H,1-3H3,(H2,19,21)(H,20,22). The highest BCUT2D eigenvalue weighted by Gasteiger charge is 2.14. The number of carbonyl (C=O) groups is 1. The van der Waals surface area contributed by atoms with Crippen LogP contribution in [0.1, 0.15) is 36.7 Å². The highest BCUT2D eigenvalue weighted by atomic mass is 32.1. The van der Waals surface area contributed by atoms with Crippen molar-refractivity contribution in [3.63, 3.8) is 0 Å². The Morgan fingerprint density at radius 2 is 1.83 bits per heavy atom. The molecule has 1 amide bonds. The Morgan fingerprint density at radius 3 is 2.48 bits per heavy atom. The van der Waals surface area contributed by atoms with E-state index in [-0.39, 0.29) is 11.3 Å². The van der Waals surface area contributed by atoms with Gasteiger partial charge in [0.15, 0.2) is 5.13 Å². The Hall–Kier alpha value is -2.40. The molecule has 0 atom stereocenters. The van der Waals surface area contributed by atoms with Crippen LogP contribution in [-0.4, -0.2) is 10.9 Å². The summed E-state index contributed by atoms with van der Waals surface area (Å²) in [6, 6.07) is 13.3. The Labute approximate surface area is 139 Å². The summed E-state index contributed by atoms with van der Waals surface area (Å²) in [6.07, 6.45) is 0. The van der Waals surface area contributed by atoms with E-state index >= 15 is 0 Å². The SMILES string of the molecule is CC(C)(C)c1ccc(C(=O)Nc2ccc3nc(N)sc3c2)cc1. The van der Waals surface area contributed by atoms with Gasteiger partial charge < -0.3 is 11.1 Å². The van der Waals surface area contributed by atoms with Crippen LogP contribution in [0.3, 0.4) is 0 Å². The van der Waals surface area contributed by atoms with E-state index in [0.29, 0.717) is 10.7 Å². The minimum atomic E-state index is -0.123. The number of thiazole rings is 1. The second kappa shape index (κ2) is 5.66. The maximum atomic E-state index is 12.4. The summed E-state index contributed by atoms with van der Waals surface area (Å²) in [5, 5.41) is 3.45. The van der Waals surface area contributed by atoms with Crippen LogP contribution in [0.4, 0.5) is 10.8 Å². The molecule has 2 aromatic carbocycles. The molecule has 1 aromatic heterocycles. The summed E-state index contributed by atoms with van der Waals surface area (Å²) in [7, 11) is 0. The molecular weight excluding hydrogens is 306 g/mol. The van der Waals surface area contributed by atoms with Gasteiger partial charge >= 0.3 is 0 Å². The summed E-state index contributed by atoms with van der Waals surface area (Å²) < 4.78 is 0.961. The molecule has 0 saturated carbocycles. The first-order valence-corrected chi connectivity index (χ1v) is 8.22. The Morgan fingerprint density at radius 1 is 1.13 bits per heavy atom. The molecule has 0 saturated heterocycles. The minimum Gasteiger partial charge on any atom is -0.375 e. The summed E-state index contributed by atoms with van der Waals surface area (Å²) in [6.45, 7) is 6.45.